The molecule has 0 radical (unpaired) electrons. The average molecular weight is 119 g/mol. The molecule has 0 atom stereocenters. The Labute approximate surface area is 51.4 Å². The second-order valence-electron chi connectivity index (χ2n) is 1.71. The van der Waals surface area contributed by atoms with Crippen LogP contribution >= 0.6 is 0 Å². The largest absolute Gasteiger partial charge is 0.315 e. The monoisotopic (exact) mass is 119 g/mol. The summed E-state index contributed by atoms with van der Waals surface area (Å²) >= 11 is 0. The summed E-state index contributed by atoms with van der Waals surface area (Å²) in [7, 11) is 0. The number of rotatable bonds is 2. The Kier molecular flexibility index (Phi) is 13.5. The van der Waals surface area contributed by atoms with E-state index < -0.39 is 0 Å². The van der Waals surface area contributed by atoms with Gasteiger partial charge in [0.05, 0.1) is 0 Å². The first-order chi connectivity index (χ1) is 3.77. The van der Waals surface area contributed by atoms with Crippen molar-refractivity contribution in [1.29, 1.82) is 0 Å². The molecule has 0 saturated carbocycles. The molecule has 0 saturated heterocycles. The Morgan fingerprint density at radius 3 is 1.75 bits per heavy atom. The van der Waals surface area contributed by atoms with E-state index in [1.807, 2.05) is 0 Å². The van der Waals surface area contributed by atoms with Gasteiger partial charge in [0.25, 0.3) is 0 Å². The third-order valence-electron chi connectivity index (χ3n) is 0.612. The van der Waals surface area contributed by atoms with Gasteiger partial charge in [0, 0.05) is 6.04 Å². The molecule has 0 fully saturated rings. The smallest absolute Gasteiger partial charge is 0.00102 e. The predicted octanol–water partition coefficient (Wildman–Crippen LogP) is -0.177. The van der Waals surface area contributed by atoms with Crippen molar-refractivity contribution in [2.24, 2.45) is 11.7 Å². The quantitative estimate of drug-likeness (QED) is 0.349. The topological polar surface area (TPSA) is 64.1 Å². The van der Waals surface area contributed by atoms with Crippen molar-refractivity contribution in [2.45, 2.75) is 26.8 Å². The predicted molar refractivity (Wildman–Crippen MR) is 37.2 cm³/mol. The third-order valence-corrected chi connectivity index (χ3v) is 0.612. The molecule has 0 heterocycles. The number of hydrogen-bond donors (Lipinski definition) is 3. The van der Waals surface area contributed by atoms with Crippen LogP contribution in [-0.4, -0.2) is 12.6 Å². The van der Waals surface area contributed by atoms with Crippen LogP contribution in [0.25, 0.3) is 0 Å². The van der Waals surface area contributed by atoms with Crippen molar-refractivity contribution in [1.82, 2.24) is 5.32 Å². The van der Waals surface area contributed by atoms with Crippen LogP contribution in [0.15, 0.2) is 0 Å². The molecule has 8 heavy (non-hydrogen) atoms. The molecule has 52 valence electrons. The van der Waals surface area contributed by atoms with E-state index in [1.165, 1.54) is 0 Å². The van der Waals surface area contributed by atoms with E-state index in [0.717, 1.165) is 6.54 Å². The Hall–Kier alpha value is -0.120. The number of nitrogens with two attached hydrogens (primary N) is 2. The lowest BCUT2D eigenvalue weighted by atomic mass is 10.4. The zero-order chi connectivity index (χ0) is 6.99. The van der Waals surface area contributed by atoms with Crippen LogP contribution in [0.4, 0.5) is 0 Å². The average Bonchev–Trinajstić information content (AvgIpc) is 1.72. The lowest BCUT2D eigenvalue weighted by Crippen LogP contribution is -2.21. The molecule has 0 unspecified atom stereocenters. The Balaban J connectivity index is 0. The molecule has 0 aliphatic heterocycles. The SMILES string of the molecule is CCNC(C)C.NN. The maximum Gasteiger partial charge on any atom is 0.00102 e. The van der Waals surface area contributed by atoms with Gasteiger partial charge in [-0.1, -0.05) is 20.8 Å². The van der Waals surface area contributed by atoms with E-state index in [1.54, 1.807) is 0 Å². The molecule has 0 rings (SSSR count). The minimum absolute atomic E-state index is 0.648. The molecule has 0 aromatic rings. The molecule has 5 N–H and O–H groups in total. The Bertz CT molecular complexity index is 28.9. The molecule has 0 aliphatic rings. The fourth-order valence-electron chi connectivity index (χ4n) is 0.408. The summed E-state index contributed by atoms with van der Waals surface area (Å²) in [6.45, 7) is 7.48. The summed E-state index contributed by atoms with van der Waals surface area (Å²) < 4.78 is 0. The summed E-state index contributed by atoms with van der Waals surface area (Å²) in [5.41, 5.74) is 0. The summed E-state index contributed by atoms with van der Waals surface area (Å²) in [4.78, 5) is 0. The second-order valence-corrected chi connectivity index (χ2v) is 1.71. The van der Waals surface area contributed by atoms with Crippen LogP contribution in [0, 0.1) is 0 Å². The molecule has 0 aromatic heterocycles. The highest BCUT2D eigenvalue weighted by molar-refractivity contribution is 4.46. The summed E-state index contributed by atoms with van der Waals surface area (Å²) in [5, 5.41) is 3.21. The van der Waals surface area contributed by atoms with Crippen LogP contribution in [-0.2, 0) is 0 Å². The van der Waals surface area contributed by atoms with Gasteiger partial charge in [0.1, 0.15) is 0 Å². The van der Waals surface area contributed by atoms with Crippen LogP contribution in [0.5, 0.6) is 0 Å². The first kappa shape index (κ1) is 10.8. The highest BCUT2D eigenvalue weighted by Crippen LogP contribution is 1.70. The standard InChI is InChI=1S/C5H13N.H4N2/c1-4-6-5(2)3;1-2/h5-6H,4H2,1-3H3;1-2H2. The van der Waals surface area contributed by atoms with Crippen LogP contribution in [0.3, 0.4) is 0 Å². The van der Waals surface area contributed by atoms with Crippen LogP contribution in [0.1, 0.15) is 20.8 Å². The van der Waals surface area contributed by atoms with Crippen molar-refractivity contribution < 1.29 is 0 Å². The van der Waals surface area contributed by atoms with Gasteiger partial charge in [-0.05, 0) is 6.54 Å². The van der Waals surface area contributed by atoms with Crippen molar-refractivity contribution in [2.75, 3.05) is 6.54 Å². The van der Waals surface area contributed by atoms with Gasteiger partial charge in [-0.15, -0.1) is 0 Å². The first-order valence-corrected chi connectivity index (χ1v) is 2.84. The summed E-state index contributed by atoms with van der Waals surface area (Å²) in [6, 6.07) is 0.648. The normalized spacial score (nSPS) is 8.25. The molecule has 0 spiro atoms. The molecule has 3 heteroatoms. The first-order valence-electron chi connectivity index (χ1n) is 2.84. The highest BCUT2D eigenvalue weighted by Gasteiger charge is 1.82. The molecule has 0 bridgehead atoms. The fraction of sp³-hybridized carbons (Fsp3) is 1.00. The summed E-state index contributed by atoms with van der Waals surface area (Å²) in [6.07, 6.45) is 0. The van der Waals surface area contributed by atoms with Crippen molar-refractivity contribution in [3.05, 3.63) is 0 Å². The van der Waals surface area contributed by atoms with Crippen LogP contribution in [0.2, 0.25) is 0 Å². The molecule has 3 nitrogen and oxygen atoms in total. The van der Waals surface area contributed by atoms with E-state index in [9.17, 15) is 0 Å². The molecular formula is C5H17N3. The van der Waals surface area contributed by atoms with E-state index in [-0.39, 0.29) is 0 Å². The summed E-state index contributed by atoms with van der Waals surface area (Å²) in [5.74, 6) is 8.00. The number of hydrogen-bond acceptors (Lipinski definition) is 3. The van der Waals surface area contributed by atoms with Crippen molar-refractivity contribution >= 4 is 0 Å². The lowest BCUT2D eigenvalue weighted by molar-refractivity contribution is 0.613. The van der Waals surface area contributed by atoms with Gasteiger partial charge in [0.2, 0.25) is 0 Å². The van der Waals surface area contributed by atoms with Gasteiger partial charge in [-0.3, -0.25) is 11.7 Å². The van der Waals surface area contributed by atoms with Gasteiger partial charge in [-0.2, -0.15) is 0 Å². The maximum atomic E-state index is 4.00. The van der Waals surface area contributed by atoms with Crippen molar-refractivity contribution in [3.8, 4) is 0 Å². The molecule has 0 amide bonds. The molecule has 0 aromatic carbocycles. The Morgan fingerprint density at radius 1 is 1.38 bits per heavy atom. The fourth-order valence-corrected chi connectivity index (χ4v) is 0.408. The van der Waals surface area contributed by atoms with Gasteiger partial charge in [-0.25, -0.2) is 0 Å². The minimum Gasteiger partial charge on any atom is -0.315 e. The highest BCUT2D eigenvalue weighted by atomic mass is 15.0. The lowest BCUT2D eigenvalue weighted by Gasteiger charge is -2.00. The van der Waals surface area contributed by atoms with Gasteiger partial charge >= 0.3 is 0 Å². The molecular weight excluding hydrogens is 102 g/mol. The van der Waals surface area contributed by atoms with Gasteiger partial charge in [0.15, 0.2) is 0 Å². The van der Waals surface area contributed by atoms with Gasteiger partial charge < -0.3 is 5.32 Å². The van der Waals surface area contributed by atoms with E-state index >= 15 is 0 Å². The number of hydrazine groups is 1. The van der Waals surface area contributed by atoms with E-state index in [2.05, 4.69) is 37.8 Å². The Morgan fingerprint density at radius 2 is 1.75 bits per heavy atom. The van der Waals surface area contributed by atoms with Crippen LogP contribution < -0.4 is 17.0 Å². The molecule has 0 aliphatic carbocycles. The van der Waals surface area contributed by atoms with E-state index in [0.29, 0.717) is 6.04 Å². The number of nitrogens with one attached hydrogen (secondary N) is 1. The second kappa shape index (κ2) is 9.99. The minimum atomic E-state index is 0.648. The third kappa shape index (κ3) is 16.9. The maximum absolute atomic E-state index is 4.00. The van der Waals surface area contributed by atoms with E-state index in [4.69, 9.17) is 0 Å². The zero-order valence-electron chi connectivity index (χ0n) is 5.94. The zero-order valence-corrected chi connectivity index (χ0v) is 5.94. The van der Waals surface area contributed by atoms with Crippen molar-refractivity contribution in [3.63, 3.8) is 0 Å².